The van der Waals surface area contributed by atoms with E-state index in [1.54, 1.807) is 33.3 Å². The molecule has 0 N–H and O–H groups in total. The third-order valence-electron chi connectivity index (χ3n) is 6.13. The predicted octanol–water partition coefficient (Wildman–Crippen LogP) is 1.76. The lowest BCUT2D eigenvalue weighted by Gasteiger charge is -2.38. The first-order valence-electron chi connectivity index (χ1n) is 10.5. The minimum atomic E-state index is -0.322. The van der Waals surface area contributed by atoms with Crippen LogP contribution in [0.25, 0.3) is 0 Å². The predicted molar refractivity (Wildman–Crippen MR) is 113 cm³/mol. The average molecular weight is 420 g/mol. The molecule has 1 aromatic carbocycles. The molecule has 2 saturated heterocycles. The second-order valence-corrected chi connectivity index (χ2v) is 7.86. The van der Waals surface area contributed by atoms with E-state index in [1.165, 1.54) is 0 Å². The van der Waals surface area contributed by atoms with Crippen molar-refractivity contribution in [3.63, 3.8) is 0 Å². The van der Waals surface area contributed by atoms with Crippen molar-refractivity contribution in [1.29, 1.82) is 0 Å². The first-order chi connectivity index (χ1) is 14.5. The second-order valence-electron chi connectivity index (χ2n) is 7.86. The number of methoxy groups -OCH3 is 3. The van der Waals surface area contributed by atoms with Crippen LogP contribution in [0.5, 0.6) is 17.2 Å². The van der Waals surface area contributed by atoms with E-state index >= 15 is 0 Å². The van der Waals surface area contributed by atoms with Crippen LogP contribution in [-0.2, 0) is 16.1 Å². The number of hydrogen-bond donors (Lipinski definition) is 0. The fraction of sp³-hybridized carbons (Fsp3) is 0.636. The number of piperazine rings is 1. The summed E-state index contributed by atoms with van der Waals surface area (Å²) in [6.07, 6.45) is 3.09. The van der Waals surface area contributed by atoms with E-state index in [0.717, 1.165) is 37.9 Å². The maximum absolute atomic E-state index is 13.0. The summed E-state index contributed by atoms with van der Waals surface area (Å²) in [7, 11) is 6.59. The molecular formula is C22H33N3O5. The lowest BCUT2D eigenvalue weighted by molar-refractivity contribution is -0.145. The summed E-state index contributed by atoms with van der Waals surface area (Å²) in [6, 6.07) is 3.55. The summed E-state index contributed by atoms with van der Waals surface area (Å²) >= 11 is 0. The van der Waals surface area contributed by atoms with Gasteiger partial charge in [0.25, 0.3) is 0 Å². The highest BCUT2D eigenvalue weighted by Gasteiger charge is 2.33. The highest BCUT2D eigenvalue weighted by atomic mass is 16.5. The van der Waals surface area contributed by atoms with Gasteiger partial charge >= 0.3 is 0 Å². The molecule has 2 amide bonds. The van der Waals surface area contributed by atoms with Crippen molar-refractivity contribution < 1.29 is 23.8 Å². The molecule has 0 spiro atoms. The van der Waals surface area contributed by atoms with Gasteiger partial charge < -0.3 is 24.0 Å². The lowest BCUT2D eigenvalue weighted by Crippen LogP contribution is -2.54. The molecule has 8 heteroatoms. The molecule has 1 atom stereocenters. The van der Waals surface area contributed by atoms with Crippen molar-refractivity contribution >= 4 is 11.8 Å². The molecule has 1 unspecified atom stereocenters. The Labute approximate surface area is 178 Å². The molecular weight excluding hydrogens is 386 g/mol. The molecule has 2 aliphatic heterocycles. The highest BCUT2D eigenvalue weighted by Crippen LogP contribution is 2.40. The van der Waals surface area contributed by atoms with Crippen LogP contribution in [0.4, 0.5) is 0 Å². The van der Waals surface area contributed by atoms with Gasteiger partial charge in [-0.3, -0.25) is 14.5 Å². The third-order valence-corrected chi connectivity index (χ3v) is 6.13. The van der Waals surface area contributed by atoms with Gasteiger partial charge in [0, 0.05) is 51.8 Å². The molecule has 2 fully saturated rings. The van der Waals surface area contributed by atoms with E-state index < -0.39 is 0 Å². The van der Waals surface area contributed by atoms with Gasteiger partial charge in [-0.15, -0.1) is 0 Å². The summed E-state index contributed by atoms with van der Waals surface area (Å²) in [5.74, 6) is 2.05. The van der Waals surface area contributed by atoms with Gasteiger partial charge in [-0.2, -0.15) is 0 Å². The van der Waals surface area contributed by atoms with Crippen LogP contribution >= 0.6 is 0 Å². The van der Waals surface area contributed by atoms with Crippen LogP contribution in [0.2, 0.25) is 0 Å². The Balaban J connectivity index is 1.62. The molecule has 2 heterocycles. The van der Waals surface area contributed by atoms with E-state index in [-0.39, 0.29) is 17.9 Å². The summed E-state index contributed by atoms with van der Waals surface area (Å²) in [5.41, 5.74) is 1.02. The molecule has 166 valence electrons. The smallest absolute Gasteiger partial charge is 0.245 e. The van der Waals surface area contributed by atoms with Crippen LogP contribution in [0, 0.1) is 0 Å². The van der Waals surface area contributed by atoms with Gasteiger partial charge in [-0.25, -0.2) is 0 Å². The summed E-state index contributed by atoms with van der Waals surface area (Å²) in [5, 5.41) is 0. The normalized spacial score (nSPS) is 20.7. The summed E-state index contributed by atoms with van der Waals surface area (Å²) in [6.45, 7) is 3.56. The Morgan fingerprint density at radius 1 is 1.00 bits per heavy atom. The number of likely N-dealkylation sites (N-methyl/N-ethyl adjacent to an activating group) is 1. The van der Waals surface area contributed by atoms with Crippen molar-refractivity contribution in [3.8, 4) is 17.2 Å². The number of nitrogens with zero attached hydrogens (tertiary/aromatic N) is 3. The van der Waals surface area contributed by atoms with Crippen LogP contribution in [-0.4, -0.2) is 87.1 Å². The minimum Gasteiger partial charge on any atom is -0.493 e. The maximum Gasteiger partial charge on any atom is 0.245 e. The standard InChI is InChI=1S/C22H33N3O5/c1-23-17(7-5-6-8-19(23)26)22(27)25-13-11-24(12-14-25)15-16-9-10-18(28-2)21(30-4)20(16)29-3/h9-10,17H,5-8,11-15H2,1-4H3. The monoisotopic (exact) mass is 419 g/mol. The number of hydrogen-bond acceptors (Lipinski definition) is 6. The van der Waals surface area contributed by atoms with E-state index in [1.807, 2.05) is 17.0 Å². The Morgan fingerprint density at radius 3 is 2.33 bits per heavy atom. The molecule has 8 nitrogen and oxygen atoms in total. The SMILES string of the molecule is COc1ccc(CN2CCN(C(=O)C3CCCCC(=O)N3C)CC2)c(OC)c1OC. The lowest BCUT2D eigenvalue weighted by atomic mass is 10.1. The minimum absolute atomic E-state index is 0.0741. The molecule has 0 saturated carbocycles. The Bertz CT molecular complexity index is 761. The molecule has 1 aromatic rings. The van der Waals surface area contributed by atoms with Crippen molar-refractivity contribution in [1.82, 2.24) is 14.7 Å². The van der Waals surface area contributed by atoms with E-state index in [4.69, 9.17) is 14.2 Å². The number of rotatable bonds is 6. The second kappa shape index (κ2) is 10.0. The van der Waals surface area contributed by atoms with Crippen molar-refractivity contribution in [2.75, 3.05) is 54.6 Å². The molecule has 0 aliphatic carbocycles. The molecule has 3 rings (SSSR count). The fourth-order valence-electron chi connectivity index (χ4n) is 4.31. The number of carbonyl (C=O) groups is 2. The van der Waals surface area contributed by atoms with Crippen LogP contribution in [0.1, 0.15) is 31.2 Å². The molecule has 0 bridgehead atoms. The number of carbonyl (C=O) groups excluding carboxylic acids is 2. The number of benzene rings is 1. The van der Waals surface area contributed by atoms with Gasteiger partial charge in [0.2, 0.25) is 17.6 Å². The number of likely N-dealkylation sites (tertiary alicyclic amines) is 1. The molecule has 30 heavy (non-hydrogen) atoms. The van der Waals surface area contributed by atoms with Crippen molar-refractivity contribution in [2.45, 2.75) is 38.3 Å². The number of ether oxygens (including phenoxy) is 3. The molecule has 0 radical (unpaired) electrons. The largest absolute Gasteiger partial charge is 0.493 e. The van der Waals surface area contributed by atoms with Gasteiger partial charge in [0.1, 0.15) is 6.04 Å². The highest BCUT2D eigenvalue weighted by molar-refractivity contribution is 5.88. The average Bonchev–Trinajstić information content (AvgIpc) is 2.94. The zero-order valence-corrected chi connectivity index (χ0v) is 18.5. The Hall–Kier alpha value is -2.48. The quantitative estimate of drug-likeness (QED) is 0.700. The van der Waals surface area contributed by atoms with Crippen molar-refractivity contribution in [2.24, 2.45) is 0 Å². The zero-order chi connectivity index (χ0) is 21.7. The zero-order valence-electron chi connectivity index (χ0n) is 18.5. The van der Waals surface area contributed by atoms with E-state index in [2.05, 4.69) is 4.90 Å². The summed E-state index contributed by atoms with van der Waals surface area (Å²) < 4.78 is 16.4. The maximum atomic E-state index is 13.0. The first-order valence-corrected chi connectivity index (χ1v) is 10.5. The summed E-state index contributed by atoms with van der Waals surface area (Å²) in [4.78, 5) is 31.0. The van der Waals surface area contributed by atoms with Gasteiger partial charge in [-0.05, 0) is 18.9 Å². The molecule has 0 aromatic heterocycles. The van der Waals surface area contributed by atoms with E-state index in [0.29, 0.717) is 43.3 Å². The topological polar surface area (TPSA) is 71.6 Å². The Morgan fingerprint density at radius 2 is 1.70 bits per heavy atom. The van der Waals surface area contributed by atoms with Crippen molar-refractivity contribution in [3.05, 3.63) is 17.7 Å². The molecule has 2 aliphatic rings. The van der Waals surface area contributed by atoms with Crippen LogP contribution in [0.3, 0.4) is 0 Å². The first kappa shape index (κ1) is 22.2. The van der Waals surface area contributed by atoms with Gasteiger partial charge in [0.15, 0.2) is 11.5 Å². The van der Waals surface area contributed by atoms with E-state index in [9.17, 15) is 9.59 Å². The fourth-order valence-corrected chi connectivity index (χ4v) is 4.31. The van der Waals surface area contributed by atoms with Crippen LogP contribution < -0.4 is 14.2 Å². The van der Waals surface area contributed by atoms with Gasteiger partial charge in [-0.1, -0.05) is 12.5 Å². The third kappa shape index (κ3) is 4.64. The van der Waals surface area contributed by atoms with Crippen LogP contribution in [0.15, 0.2) is 12.1 Å². The Kier molecular flexibility index (Phi) is 7.42. The number of amides is 2. The van der Waals surface area contributed by atoms with Gasteiger partial charge in [0.05, 0.1) is 21.3 Å².